The predicted octanol–water partition coefficient (Wildman–Crippen LogP) is 3.54. The fourth-order valence-corrected chi connectivity index (χ4v) is 2.20. The SMILES string of the molecule is CNC(CC(C)C)c1ccc2ncccc2c1. The minimum atomic E-state index is 0.430. The first-order chi connectivity index (χ1) is 8.20. The van der Waals surface area contributed by atoms with Crippen molar-refractivity contribution in [3.8, 4) is 0 Å². The number of hydrogen-bond acceptors (Lipinski definition) is 2. The van der Waals surface area contributed by atoms with Crippen molar-refractivity contribution in [2.45, 2.75) is 26.3 Å². The molecule has 1 aromatic heterocycles. The molecule has 17 heavy (non-hydrogen) atoms. The van der Waals surface area contributed by atoms with E-state index >= 15 is 0 Å². The van der Waals surface area contributed by atoms with Crippen molar-refractivity contribution >= 4 is 10.9 Å². The van der Waals surface area contributed by atoms with Gasteiger partial charge in [-0.15, -0.1) is 0 Å². The Morgan fingerprint density at radius 1 is 1.24 bits per heavy atom. The Balaban J connectivity index is 2.34. The molecular formula is C15H20N2. The number of hydrogen-bond donors (Lipinski definition) is 1. The fourth-order valence-electron chi connectivity index (χ4n) is 2.20. The van der Waals surface area contributed by atoms with Crippen LogP contribution in [0.5, 0.6) is 0 Å². The summed E-state index contributed by atoms with van der Waals surface area (Å²) in [5.74, 6) is 0.692. The summed E-state index contributed by atoms with van der Waals surface area (Å²) < 4.78 is 0. The third-order valence-corrected chi connectivity index (χ3v) is 3.08. The van der Waals surface area contributed by atoms with Crippen molar-refractivity contribution in [2.75, 3.05) is 7.05 Å². The maximum absolute atomic E-state index is 4.35. The molecule has 0 saturated carbocycles. The summed E-state index contributed by atoms with van der Waals surface area (Å²) in [6, 6.07) is 11.1. The van der Waals surface area contributed by atoms with Crippen LogP contribution < -0.4 is 5.32 Å². The number of fused-ring (bicyclic) bond motifs is 1. The van der Waals surface area contributed by atoms with Crippen LogP contribution >= 0.6 is 0 Å². The Hall–Kier alpha value is -1.41. The molecule has 0 amide bonds. The summed E-state index contributed by atoms with van der Waals surface area (Å²) in [5.41, 5.74) is 2.41. The van der Waals surface area contributed by atoms with Crippen LogP contribution in [0.2, 0.25) is 0 Å². The van der Waals surface area contributed by atoms with Gasteiger partial charge in [0.2, 0.25) is 0 Å². The van der Waals surface area contributed by atoms with Gasteiger partial charge in [-0.1, -0.05) is 26.0 Å². The summed E-state index contributed by atoms with van der Waals surface area (Å²) in [6.07, 6.45) is 2.99. The quantitative estimate of drug-likeness (QED) is 0.865. The van der Waals surface area contributed by atoms with Crippen LogP contribution in [0.3, 0.4) is 0 Å². The zero-order valence-electron chi connectivity index (χ0n) is 10.8. The molecule has 0 aliphatic carbocycles. The van der Waals surface area contributed by atoms with Gasteiger partial charge >= 0.3 is 0 Å². The standard InChI is InChI=1S/C15H20N2/c1-11(2)9-15(16-3)13-6-7-14-12(10-13)5-4-8-17-14/h4-8,10-11,15-16H,9H2,1-3H3. The number of nitrogens with zero attached hydrogens (tertiary/aromatic N) is 1. The first-order valence-corrected chi connectivity index (χ1v) is 6.22. The highest BCUT2D eigenvalue weighted by Gasteiger charge is 2.11. The van der Waals surface area contributed by atoms with Crippen molar-refractivity contribution in [1.82, 2.24) is 10.3 Å². The van der Waals surface area contributed by atoms with Crippen molar-refractivity contribution in [3.63, 3.8) is 0 Å². The molecular weight excluding hydrogens is 208 g/mol. The van der Waals surface area contributed by atoms with Gasteiger partial charge in [0.15, 0.2) is 0 Å². The average Bonchev–Trinajstić information content (AvgIpc) is 2.35. The van der Waals surface area contributed by atoms with E-state index < -0.39 is 0 Å². The highest BCUT2D eigenvalue weighted by molar-refractivity contribution is 5.79. The maximum atomic E-state index is 4.35. The molecule has 1 aromatic carbocycles. The van der Waals surface area contributed by atoms with Gasteiger partial charge in [-0.3, -0.25) is 4.98 Å². The second kappa shape index (κ2) is 5.28. The third-order valence-electron chi connectivity index (χ3n) is 3.08. The Kier molecular flexibility index (Phi) is 3.75. The minimum absolute atomic E-state index is 0.430. The smallest absolute Gasteiger partial charge is 0.0702 e. The minimum Gasteiger partial charge on any atom is -0.313 e. The summed E-state index contributed by atoms with van der Waals surface area (Å²) >= 11 is 0. The summed E-state index contributed by atoms with van der Waals surface area (Å²) in [7, 11) is 2.03. The van der Waals surface area contributed by atoms with E-state index in [9.17, 15) is 0 Å². The Morgan fingerprint density at radius 2 is 2.06 bits per heavy atom. The van der Waals surface area contributed by atoms with Gasteiger partial charge in [0.25, 0.3) is 0 Å². The second-order valence-corrected chi connectivity index (χ2v) is 4.93. The van der Waals surface area contributed by atoms with Gasteiger partial charge < -0.3 is 5.32 Å². The van der Waals surface area contributed by atoms with Crippen LogP contribution in [-0.4, -0.2) is 12.0 Å². The first kappa shape index (κ1) is 12.1. The molecule has 2 nitrogen and oxygen atoms in total. The Morgan fingerprint density at radius 3 is 2.76 bits per heavy atom. The number of benzene rings is 1. The Labute approximate surface area is 103 Å². The molecule has 0 radical (unpaired) electrons. The zero-order chi connectivity index (χ0) is 12.3. The number of rotatable bonds is 4. The first-order valence-electron chi connectivity index (χ1n) is 6.22. The van der Waals surface area contributed by atoms with Gasteiger partial charge in [-0.25, -0.2) is 0 Å². The molecule has 0 fully saturated rings. The third kappa shape index (κ3) is 2.83. The molecule has 1 unspecified atom stereocenters. The lowest BCUT2D eigenvalue weighted by molar-refractivity contribution is 0.457. The number of nitrogens with one attached hydrogen (secondary N) is 1. The molecule has 2 rings (SSSR count). The van der Waals surface area contributed by atoms with Gasteiger partial charge in [-0.2, -0.15) is 0 Å². The van der Waals surface area contributed by atoms with Gasteiger partial charge in [0, 0.05) is 17.6 Å². The molecule has 0 bridgehead atoms. The molecule has 0 saturated heterocycles. The van der Waals surface area contributed by atoms with E-state index in [1.807, 2.05) is 19.3 Å². The number of aromatic nitrogens is 1. The highest BCUT2D eigenvalue weighted by Crippen LogP contribution is 2.23. The molecule has 1 atom stereocenters. The average molecular weight is 228 g/mol. The molecule has 0 aliphatic rings. The maximum Gasteiger partial charge on any atom is 0.0702 e. The van der Waals surface area contributed by atoms with Crippen molar-refractivity contribution in [3.05, 3.63) is 42.1 Å². The van der Waals surface area contributed by atoms with Crippen LogP contribution in [0.4, 0.5) is 0 Å². The molecule has 0 aliphatic heterocycles. The van der Waals surface area contributed by atoms with Crippen molar-refractivity contribution in [2.24, 2.45) is 5.92 Å². The molecule has 0 spiro atoms. The normalized spacial score (nSPS) is 13.2. The van der Waals surface area contributed by atoms with Crippen LogP contribution in [0.25, 0.3) is 10.9 Å². The van der Waals surface area contributed by atoms with Crippen LogP contribution in [0, 0.1) is 5.92 Å². The van der Waals surface area contributed by atoms with E-state index in [0.717, 1.165) is 11.9 Å². The summed E-state index contributed by atoms with van der Waals surface area (Å²) in [4.78, 5) is 4.35. The van der Waals surface area contributed by atoms with Gasteiger partial charge in [0.1, 0.15) is 0 Å². The lowest BCUT2D eigenvalue weighted by Crippen LogP contribution is -2.18. The summed E-state index contributed by atoms with van der Waals surface area (Å²) in [6.45, 7) is 4.51. The Bertz CT molecular complexity index is 491. The second-order valence-electron chi connectivity index (χ2n) is 4.93. The topological polar surface area (TPSA) is 24.9 Å². The van der Waals surface area contributed by atoms with E-state index in [0.29, 0.717) is 12.0 Å². The highest BCUT2D eigenvalue weighted by atomic mass is 14.9. The van der Waals surface area contributed by atoms with Crippen LogP contribution in [0.15, 0.2) is 36.5 Å². The monoisotopic (exact) mass is 228 g/mol. The van der Waals surface area contributed by atoms with E-state index in [1.165, 1.54) is 10.9 Å². The predicted molar refractivity (Wildman–Crippen MR) is 73.0 cm³/mol. The zero-order valence-corrected chi connectivity index (χ0v) is 10.8. The van der Waals surface area contributed by atoms with Crippen LogP contribution in [0.1, 0.15) is 31.9 Å². The summed E-state index contributed by atoms with van der Waals surface area (Å²) in [5, 5.41) is 4.61. The lowest BCUT2D eigenvalue weighted by atomic mass is 9.96. The number of pyridine rings is 1. The molecule has 2 heteroatoms. The molecule has 1 N–H and O–H groups in total. The molecule has 1 heterocycles. The van der Waals surface area contributed by atoms with E-state index in [4.69, 9.17) is 0 Å². The lowest BCUT2D eigenvalue weighted by Gasteiger charge is -2.19. The van der Waals surface area contributed by atoms with E-state index in [1.54, 1.807) is 0 Å². The fraction of sp³-hybridized carbons (Fsp3) is 0.400. The van der Waals surface area contributed by atoms with Crippen molar-refractivity contribution in [1.29, 1.82) is 0 Å². The molecule has 90 valence electrons. The van der Waals surface area contributed by atoms with E-state index in [-0.39, 0.29) is 0 Å². The van der Waals surface area contributed by atoms with Gasteiger partial charge in [0.05, 0.1) is 5.52 Å². The van der Waals surface area contributed by atoms with Crippen molar-refractivity contribution < 1.29 is 0 Å². The van der Waals surface area contributed by atoms with E-state index in [2.05, 4.69) is 48.4 Å². The van der Waals surface area contributed by atoms with Gasteiger partial charge in [-0.05, 0) is 43.1 Å². The van der Waals surface area contributed by atoms with Crippen LogP contribution in [-0.2, 0) is 0 Å². The molecule has 2 aromatic rings. The largest absolute Gasteiger partial charge is 0.313 e.